The summed E-state index contributed by atoms with van der Waals surface area (Å²) < 4.78 is 40.8. The number of aryl methyl sites for hydroxylation is 1. The quantitative estimate of drug-likeness (QED) is 0.797. The summed E-state index contributed by atoms with van der Waals surface area (Å²) in [4.78, 5) is 0. The molecule has 0 aliphatic carbocycles. The molecule has 1 aromatic carbocycles. The number of hydrogen-bond acceptors (Lipinski definition) is 2. The molecule has 0 saturated heterocycles. The van der Waals surface area contributed by atoms with Gasteiger partial charge < -0.3 is 10.5 Å². The highest BCUT2D eigenvalue weighted by molar-refractivity contribution is 5.36. The van der Waals surface area contributed by atoms with Crippen LogP contribution in [-0.4, -0.2) is 12.9 Å². The Hall–Kier alpha value is -1.23. The fourth-order valence-electron chi connectivity index (χ4n) is 1.83. The van der Waals surface area contributed by atoms with Crippen molar-refractivity contribution in [1.82, 2.24) is 0 Å². The maximum atomic E-state index is 12.3. The van der Waals surface area contributed by atoms with Crippen LogP contribution in [0.2, 0.25) is 0 Å². The van der Waals surface area contributed by atoms with Gasteiger partial charge in [0, 0.05) is 0 Å². The largest absolute Gasteiger partial charge is 0.573 e. The predicted octanol–water partition coefficient (Wildman–Crippen LogP) is 3.99. The highest BCUT2D eigenvalue weighted by Gasteiger charge is 2.31. The molecule has 0 aliphatic heterocycles. The zero-order chi connectivity index (χ0) is 14.5. The van der Waals surface area contributed by atoms with Crippen molar-refractivity contribution in [3.05, 3.63) is 29.3 Å². The van der Waals surface area contributed by atoms with E-state index in [1.54, 1.807) is 0 Å². The number of unbranched alkanes of at least 4 members (excludes halogenated alkanes) is 1. The van der Waals surface area contributed by atoms with Crippen LogP contribution in [-0.2, 0) is 6.42 Å². The molecular formula is C14H20F3NO. The van der Waals surface area contributed by atoms with Crippen LogP contribution in [0.4, 0.5) is 13.2 Å². The number of hydrogen-bond donors (Lipinski definition) is 1. The summed E-state index contributed by atoms with van der Waals surface area (Å²) in [5.41, 5.74) is 7.12. The van der Waals surface area contributed by atoms with Crippen molar-refractivity contribution in [3.8, 4) is 5.75 Å². The zero-order valence-corrected chi connectivity index (χ0v) is 11.3. The Kier molecular flexibility index (Phi) is 5.66. The third-order valence-electron chi connectivity index (χ3n) is 2.81. The van der Waals surface area contributed by atoms with Crippen molar-refractivity contribution in [2.45, 2.75) is 45.4 Å². The molecular weight excluding hydrogens is 255 g/mol. The summed E-state index contributed by atoms with van der Waals surface area (Å²) in [6, 6.07) is 4.84. The molecule has 0 spiro atoms. The highest BCUT2D eigenvalue weighted by atomic mass is 19.4. The summed E-state index contributed by atoms with van der Waals surface area (Å²) in [6.45, 7) is 4.47. The number of alkyl halides is 3. The van der Waals surface area contributed by atoms with Gasteiger partial charge in [-0.15, -0.1) is 13.2 Å². The minimum absolute atomic E-state index is 0.138. The standard InChI is InChI=1S/C14H20F3NO/c1-10(2)12-7-11(5-3-4-6-18)8-13(9-12)19-14(15,16)17/h7-10H,3-6,18H2,1-2H3. The first-order chi connectivity index (χ1) is 8.81. The van der Waals surface area contributed by atoms with E-state index in [9.17, 15) is 13.2 Å². The van der Waals surface area contributed by atoms with Gasteiger partial charge in [0.05, 0.1) is 0 Å². The lowest BCUT2D eigenvalue weighted by molar-refractivity contribution is -0.274. The third kappa shape index (κ3) is 5.96. The maximum absolute atomic E-state index is 12.3. The molecule has 2 nitrogen and oxygen atoms in total. The second kappa shape index (κ2) is 6.80. The smallest absolute Gasteiger partial charge is 0.406 e. The first kappa shape index (κ1) is 15.8. The molecule has 0 bridgehead atoms. The molecule has 0 radical (unpaired) electrons. The van der Waals surface area contributed by atoms with Crippen LogP contribution in [0.3, 0.4) is 0 Å². The third-order valence-corrected chi connectivity index (χ3v) is 2.81. The lowest BCUT2D eigenvalue weighted by Gasteiger charge is -2.14. The van der Waals surface area contributed by atoms with Crippen molar-refractivity contribution in [3.63, 3.8) is 0 Å². The molecule has 5 heteroatoms. The molecule has 0 heterocycles. The van der Waals surface area contributed by atoms with Gasteiger partial charge in [-0.05, 0) is 55.0 Å². The Morgan fingerprint density at radius 3 is 2.37 bits per heavy atom. The Labute approximate surface area is 111 Å². The summed E-state index contributed by atoms with van der Waals surface area (Å²) in [5, 5.41) is 0. The van der Waals surface area contributed by atoms with E-state index in [4.69, 9.17) is 5.73 Å². The Morgan fingerprint density at radius 2 is 1.84 bits per heavy atom. The van der Waals surface area contributed by atoms with Crippen molar-refractivity contribution in [2.24, 2.45) is 5.73 Å². The minimum atomic E-state index is -4.65. The fraction of sp³-hybridized carbons (Fsp3) is 0.571. The summed E-state index contributed by atoms with van der Waals surface area (Å²) >= 11 is 0. The molecule has 108 valence electrons. The molecule has 1 aromatic rings. The van der Waals surface area contributed by atoms with Gasteiger partial charge in [-0.3, -0.25) is 0 Å². The first-order valence-electron chi connectivity index (χ1n) is 6.41. The van der Waals surface area contributed by atoms with Gasteiger partial charge >= 0.3 is 6.36 Å². The summed E-state index contributed by atoms with van der Waals surface area (Å²) in [5.74, 6) is 0.0199. The Balaban J connectivity index is 2.90. The zero-order valence-electron chi connectivity index (χ0n) is 11.3. The second-order valence-electron chi connectivity index (χ2n) is 4.86. The normalized spacial score (nSPS) is 11.9. The fourth-order valence-corrected chi connectivity index (χ4v) is 1.83. The molecule has 0 fully saturated rings. The van der Waals surface area contributed by atoms with E-state index in [-0.39, 0.29) is 11.7 Å². The molecule has 0 atom stereocenters. The summed E-state index contributed by atoms with van der Waals surface area (Å²) in [6.07, 6.45) is -2.21. The van der Waals surface area contributed by atoms with E-state index in [0.29, 0.717) is 13.0 Å². The van der Waals surface area contributed by atoms with Crippen LogP contribution >= 0.6 is 0 Å². The molecule has 1 rings (SSSR count). The number of halogens is 3. The average Bonchev–Trinajstić information content (AvgIpc) is 2.26. The molecule has 2 N–H and O–H groups in total. The number of benzene rings is 1. The molecule has 19 heavy (non-hydrogen) atoms. The van der Waals surface area contributed by atoms with E-state index >= 15 is 0 Å². The minimum Gasteiger partial charge on any atom is -0.406 e. The van der Waals surface area contributed by atoms with Gasteiger partial charge in [0.25, 0.3) is 0 Å². The van der Waals surface area contributed by atoms with E-state index in [0.717, 1.165) is 24.0 Å². The number of ether oxygens (including phenoxy) is 1. The van der Waals surface area contributed by atoms with Gasteiger partial charge in [-0.1, -0.05) is 19.9 Å². The number of nitrogens with two attached hydrogens (primary N) is 1. The van der Waals surface area contributed by atoms with Crippen LogP contribution in [0, 0.1) is 0 Å². The van der Waals surface area contributed by atoms with E-state index in [1.165, 1.54) is 12.1 Å². The van der Waals surface area contributed by atoms with Crippen molar-refractivity contribution >= 4 is 0 Å². The molecule has 0 unspecified atom stereocenters. The van der Waals surface area contributed by atoms with Gasteiger partial charge in [0.15, 0.2) is 0 Å². The SMILES string of the molecule is CC(C)c1cc(CCCCN)cc(OC(F)(F)F)c1. The van der Waals surface area contributed by atoms with E-state index in [2.05, 4.69) is 4.74 Å². The molecule has 0 saturated carbocycles. The Bertz CT molecular complexity index is 402. The Morgan fingerprint density at radius 1 is 1.16 bits per heavy atom. The average molecular weight is 275 g/mol. The van der Waals surface area contributed by atoms with Crippen LogP contribution < -0.4 is 10.5 Å². The summed E-state index contributed by atoms with van der Waals surface area (Å²) in [7, 11) is 0. The number of rotatable bonds is 6. The predicted molar refractivity (Wildman–Crippen MR) is 69.2 cm³/mol. The van der Waals surface area contributed by atoms with E-state index in [1.807, 2.05) is 19.9 Å². The van der Waals surface area contributed by atoms with Crippen LogP contribution in [0.25, 0.3) is 0 Å². The highest BCUT2D eigenvalue weighted by Crippen LogP contribution is 2.28. The first-order valence-corrected chi connectivity index (χ1v) is 6.41. The van der Waals surface area contributed by atoms with Gasteiger partial charge in [-0.25, -0.2) is 0 Å². The van der Waals surface area contributed by atoms with Gasteiger partial charge in [0.2, 0.25) is 0 Å². The molecule has 0 aliphatic rings. The van der Waals surface area contributed by atoms with E-state index < -0.39 is 6.36 Å². The van der Waals surface area contributed by atoms with Crippen molar-refractivity contribution < 1.29 is 17.9 Å². The van der Waals surface area contributed by atoms with Crippen LogP contribution in [0.5, 0.6) is 5.75 Å². The lowest BCUT2D eigenvalue weighted by Crippen LogP contribution is -2.17. The van der Waals surface area contributed by atoms with Crippen molar-refractivity contribution in [1.29, 1.82) is 0 Å². The molecule has 0 aromatic heterocycles. The van der Waals surface area contributed by atoms with Gasteiger partial charge in [-0.2, -0.15) is 0 Å². The van der Waals surface area contributed by atoms with Gasteiger partial charge in [0.1, 0.15) is 5.75 Å². The molecule has 0 amide bonds. The maximum Gasteiger partial charge on any atom is 0.573 e. The monoisotopic (exact) mass is 275 g/mol. The topological polar surface area (TPSA) is 35.2 Å². The lowest BCUT2D eigenvalue weighted by atomic mass is 9.98. The van der Waals surface area contributed by atoms with Crippen molar-refractivity contribution in [2.75, 3.05) is 6.54 Å². The van der Waals surface area contributed by atoms with Crippen LogP contribution in [0.15, 0.2) is 18.2 Å². The second-order valence-corrected chi connectivity index (χ2v) is 4.86. The van der Waals surface area contributed by atoms with Crippen LogP contribution in [0.1, 0.15) is 43.7 Å².